The zero-order chi connectivity index (χ0) is 23.3. The maximum Gasteiger partial charge on any atom is 0.416 e. The van der Waals surface area contributed by atoms with Crippen LogP contribution in [0.25, 0.3) is 22.8 Å². The molecule has 1 atom stereocenters. The van der Waals surface area contributed by atoms with Gasteiger partial charge in [-0.1, -0.05) is 12.1 Å². The first-order valence-electron chi connectivity index (χ1n) is 9.46. The lowest BCUT2D eigenvalue weighted by Crippen LogP contribution is -2.39. The number of hydrogen-bond donors (Lipinski definition) is 3. The quantitative estimate of drug-likeness (QED) is 0.423. The summed E-state index contributed by atoms with van der Waals surface area (Å²) >= 11 is 3.39. The van der Waals surface area contributed by atoms with E-state index in [-0.39, 0.29) is 18.6 Å². The first-order valence-corrected chi connectivity index (χ1v) is 10.3. The molecule has 0 saturated heterocycles. The minimum Gasteiger partial charge on any atom is -0.375 e. The number of benzene rings is 1. The first kappa shape index (κ1) is 23.7. The van der Waals surface area contributed by atoms with E-state index in [2.05, 4.69) is 46.5 Å². The molecule has 0 aliphatic carbocycles. The SMILES string of the molecule is COCC(=O)NC(C)CNc1nccc(-c2nc(-c3ccc(C(F)(F)F)cc3)[nH]c2Br)n1. The molecule has 0 bridgehead atoms. The summed E-state index contributed by atoms with van der Waals surface area (Å²) in [6, 6.07) is 6.18. The predicted octanol–water partition coefficient (Wildman–Crippen LogP) is 3.88. The summed E-state index contributed by atoms with van der Waals surface area (Å²) in [5.74, 6) is 0.497. The van der Waals surface area contributed by atoms with Crippen molar-refractivity contribution in [2.45, 2.75) is 19.1 Å². The fraction of sp³-hybridized carbons (Fsp3) is 0.300. The maximum absolute atomic E-state index is 12.8. The van der Waals surface area contributed by atoms with Crippen molar-refractivity contribution in [2.75, 3.05) is 25.6 Å². The van der Waals surface area contributed by atoms with Crippen LogP contribution < -0.4 is 10.6 Å². The van der Waals surface area contributed by atoms with Gasteiger partial charge in [0.15, 0.2) is 0 Å². The van der Waals surface area contributed by atoms with Gasteiger partial charge in [0, 0.05) is 31.5 Å². The number of aromatic amines is 1. The van der Waals surface area contributed by atoms with Crippen LogP contribution in [0.4, 0.5) is 19.1 Å². The lowest BCUT2D eigenvalue weighted by molar-refractivity contribution is -0.137. The van der Waals surface area contributed by atoms with Gasteiger partial charge in [0.2, 0.25) is 11.9 Å². The molecule has 2 heterocycles. The standard InChI is InChI=1S/C20H20BrF3N6O2/c1-11(27-15(31)10-32-2)9-26-19-25-8-7-14(28-19)16-17(21)30-18(29-16)12-3-5-13(6-4-12)20(22,23)24/h3-8,11H,9-10H2,1-2H3,(H,27,31)(H,29,30)(H,25,26,28). The predicted molar refractivity (Wildman–Crippen MR) is 116 cm³/mol. The second-order valence-corrected chi connectivity index (χ2v) is 7.66. The molecule has 0 saturated carbocycles. The number of H-pyrrole nitrogens is 1. The number of alkyl halides is 3. The average Bonchev–Trinajstić information content (AvgIpc) is 3.14. The number of rotatable bonds is 8. The molecule has 0 aliphatic rings. The van der Waals surface area contributed by atoms with Crippen LogP contribution in [-0.4, -0.2) is 52.1 Å². The number of imidazole rings is 1. The number of nitrogens with one attached hydrogen (secondary N) is 3. The molecule has 0 spiro atoms. The number of halogens is 4. The molecule has 1 unspecified atom stereocenters. The number of anilines is 1. The van der Waals surface area contributed by atoms with Crippen molar-refractivity contribution in [3.63, 3.8) is 0 Å². The molecule has 0 aliphatic heterocycles. The van der Waals surface area contributed by atoms with Gasteiger partial charge < -0.3 is 20.4 Å². The van der Waals surface area contributed by atoms with E-state index < -0.39 is 11.7 Å². The van der Waals surface area contributed by atoms with E-state index in [1.54, 1.807) is 12.3 Å². The Morgan fingerprint density at radius 1 is 1.22 bits per heavy atom. The fourth-order valence-electron chi connectivity index (χ4n) is 2.79. The van der Waals surface area contributed by atoms with Crippen molar-refractivity contribution >= 4 is 27.8 Å². The van der Waals surface area contributed by atoms with Crippen LogP contribution in [-0.2, 0) is 15.7 Å². The van der Waals surface area contributed by atoms with Gasteiger partial charge in [-0.25, -0.2) is 15.0 Å². The summed E-state index contributed by atoms with van der Waals surface area (Å²) in [4.78, 5) is 27.6. The topological polar surface area (TPSA) is 105 Å². The molecule has 2 aromatic heterocycles. The van der Waals surface area contributed by atoms with E-state index in [0.717, 1.165) is 12.1 Å². The van der Waals surface area contributed by atoms with Crippen LogP contribution in [0.15, 0.2) is 41.1 Å². The van der Waals surface area contributed by atoms with E-state index >= 15 is 0 Å². The molecular weight excluding hydrogens is 493 g/mol. The monoisotopic (exact) mass is 512 g/mol. The van der Waals surface area contributed by atoms with Crippen LogP contribution in [0, 0.1) is 0 Å². The number of carbonyl (C=O) groups excluding carboxylic acids is 1. The number of carbonyl (C=O) groups is 1. The van der Waals surface area contributed by atoms with E-state index in [4.69, 9.17) is 4.74 Å². The highest BCUT2D eigenvalue weighted by atomic mass is 79.9. The van der Waals surface area contributed by atoms with E-state index in [0.29, 0.717) is 39.9 Å². The molecule has 3 aromatic rings. The number of aromatic nitrogens is 4. The van der Waals surface area contributed by atoms with Crippen LogP contribution in [0.1, 0.15) is 12.5 Å². The zero-order valence-electron chi connectivity index (χ0n) is 17.1. The highest BCUT2D eigenvalue weighted by molar-refractivity contribution is 9.10. The summed E-state index contributed by atoms with van der Waals surface area (Å²) in [6.45, 7) is 2.19. The van der Waals surface area contributed by atoms with Crippen LogP contribution in [0.3, 0.4) is 0 Å². The fourth-order valence-corrected chi connectivity index (χ4v) is 3.27. The molecule has 8 nitrogen and oxygen atoms in total. The van der Waals surface area contributed by atoms with Crippen LogP contribution in [0.5, 0.6) is 0 Å². The van der Waals surface area contributed by atoms with Gasteiger partial charge in [-0.05, 0) is 41.1 Å². The smallest absolute Gasteiger partial charge is 0.375 e. The van der Waals surface area contributed by atoms with Gasteiger partial charge in [-0.2, -0.15) is 13.2 Å². The third kappa shape index (κ3) is 6.04. The second-order valence-electron chi connectivity index (χ2n) is 6.87. The van der Waals surface area contributed by atoms with Gasteiger partial charge in [-0.15, -0.1) is 0 Å². The second kappa shape index (κ2) is 10.1. The normalized spacial score (nSPS) is 12.4. The molecule has 0 radical (unpaired) electrons. The zero-order valence-corrected chi connectivity index (χ0v) is 18.7. The number of nitrogens with zero attached hydrogens (tertiary/aromatic N) is 3. The van der Waals surface area contributed by atoms with E-state index in [1.807, 2.05) is 6.92 Å². The summed E-state index contributed by atoms with van der Waals surface area (Å²) in [7, 11) is 1.44. The van der Waals surface area contributed by atoms with Crippen molar-refractivity contribution in [1.82, 2.24) is 25.3 Å². The highest BCUT2D eigenvalue weighted by Crippen LogP contribution is 2.32. The van der Waals surface area contributed by atoms with E-state index in [9.17, 15) is 18.0 Å². The van der Waals surface area contributed by atoms with Crippen molar-refractivity contribution in [3.05, 3.63) is 46.7 Å². The van der Waals surface area contributed by atoms with E-state index in [1.165, 1.54) is 19.2 Å². The van der Waals surface area contributed by atoms with Gasteiger partial charge in [0.1, 0.15) is 22.7 Å². The molecule has 170 valence electrons. The highest BCUT2D eigenvalue weighted by Gasteiger charge is 2.30. The molecular formula is C20H20BrF3N6O2. The Kier molecular flexibility index (Phi) is 7.46. The molecule has 0 fully saturated rings. The van der Waals surface area contributed by atoms with Crippen molar-refractivity contribution in [1.29, 1.82) is 0 Å². The lowest BCUT2D eigenvalue weighted by atomic mass is 10.1. The average molecular weight is 513 g/mol. The third-order valence-corrected chi connectivity index (χ3v) is 4.87. The molecule has 1 aromatic carbocycles. The number of ether oxygens (including phenoxy) is 1. The Hall–Kier alpha value is -2.99. The summed E-state index contributed by atoms with van der Waals surface area (Å²) < 4.78 is 43.6. The number of hydrogen-bond acceptors (Lipinski definition) is 6. The summed E-state index contributed by atoms with van der Waals surface area (Å²) in [5, 5.41) is 5.81. The minimum atomic E-state index is -4.40. The molecule has 3 N–H and O–H groups in total. The molecule has 12 heteroatoms. The van der Waals surface area contributed by atoms with Crippen molar-refractivity contribution in [2.24, 2.45) is 0 Å². The minimum absolute atomic E-state index is 0.0230. The first-order chi connectivity index (χ1) is 15.2. The Bertz CT molecular complexity index is 1070. The molecule has 3 rings (SSSR count). The van der Waals surface area contributed by atoms with Crippen LogP contribution >= 0.6 is 15.9 Å². The Balaban J connectivity index is 1.72. The number of methoxy groups -OCH3 is 1. The Labute approximate surface area is 190 Å². The van der Waals surface area contributed by atoms with Crippen molar-refractivity contribution in [3.8, 4) is 22.8 Å². The van der Waals surface area contributed by atoms with Gasteiger partial charge in [0.25, 0.3) is 0 Å². The maximum atomic E-state index is 12.8. The summed E-state index contributed by atoms with van der Waals surface area (Å²) in [6.07, 6.45) is -2.85. The summed E-state index contributed by atoms with van der Waals surface area (Å²) in [5.41, 5.74) is 0.746. The number of amides is 1. The molecule has 32 heavy (non-hydrogen) atoms. The van der Waals surface area contributed by atoms with Gasteiger partial charge >= 0.3 is 6.18 Å². The van der Waals surface area contributed by atoms with Gasteiger partial charge in [0.05, 0.1) is 11.3 Å². The van der Waals surface area contributed by atoms with Crippen LogP contribution in [0.2, 0.25) is 0 Å². The van der Waals surface area contributed by atoms with Gasteiger partial charge in [-0.3, -0.25) is 4.79 Å². The Morgan fingerprint density at radius 3 is 2.59 bits per heavy atom. The third-order valence-electron chi connectivity index (χ3n) is 4.29. The largest absolute Gasteiger partial charge is 0.416 e. The molecule has 1 amide bonds. The lowest BCUT2D eigenvalue weighted by Gasteiger charge is -2.14. The Morgan fingerprint density at radius 2 is 1.94 bits per heavy atom. The van der Waals surface area contributed by atoms with Crippen molar-refractivity contribution < 1.29 is 22.7 Å².